The van der Waals surface area contributed by atoms with E-state index in [-0.39, 0.29) is 22.1 Å². The van der Waals surface area contributed by atoms with Gasteiger partial charge < -0.3 is 15.1 Å². The molecule has 2 aliphatic heterocycles. The molecule has 0 spiro atoms. The summed E-state index contributed by atoms with van der Waals surface area (Å²) in [6.45, 7) is 6.91. The summed E-state index contributed by atoms with van der Waals surface area (Å²) in [4.78, 5) is 18.3. The monoisotopic (exact) mass is 493 g/mol. The van der Waals surface area contributed by atoms with Crippen molar-refractivity contribution in [2.75, 3.05) is 13.7 Å². The van der Waals surface area contributed by atoms with Crippen LogP contribution in [0.25, 0.3) is 0 Å². The van der Waals surface area contributed by atoms with Gasteiger partial charge in [-0.3, -0.25) is 4.79 Å². The normalized spacial score (nSPS) is 21.0. The summed E-state index contributed by atoms with van der Waals surface area (Å²) < 4.78 is 31.3. The van der Waals surface area contributed by atoms with Crippen LogP contribution < -0.4 is 15.0 Å². The number of ether oxygens (including phenoxy) is 1. The van der Waals surface area contributed by atoms with Crippen LogP contribution in [0.3, 0.4) is 0 Å². The van der Waals surface area contributed by atoms with Crippen molar-refractivity contribution in [3.05, 3.63) is 82.2 Å². The van der Waals surface area contributed by atoms with Gasteiger partial charge in [-0.1, -0.05) is 37.6 Å². The molecule has 2 heterocycles. The second-order valence-electron chi connectivity index (χ2n) is 10.3. The lowest BCUT2D eigenvalue weighted by atomic mass is 9.72. The van der Waals surface area contributed by atoms with Crippen molar-refractivity contribution in [2.45, 2.75) is 51.0 Å². The average Bonchev–Trinajstić information content (AvgIpc) is 2.81. The number of methoxy groups -OCH3 is 1. The molecule has 3 aliphatic rings. The maximum atomic E-state index is 13.3. The van der Waals surface area contributed by atoms with E-state index in [1.54, 1.807) is 31.4 Å². The molecular formula is C27H31N3O4S. The molecule has 0 fully saturated rings. The van der Waals surface area contributed by atoms with Gasteiger partial charge in [-0.2, -0.15) is 0 Å². The lowest BCUT2D eigenvalue weighted by molar-refractivity contribution is -0.118. The van der Waals surface area contributed by atoms with Crippen LogP contribution in [0.5, 0.6) is 5.75 Å². The molecule has 0 saturated carbocycles. The van der Waals surface area contributed by atoms with Gasteiger partial charge in [0.1, 0.15) is 5.75 Å². The maximum Gasteiger partial charge on any atom is 0.257 e. The third-order valence-electron chi connectivity index (χ3n) is 7.07. The van der Waals surface area contributed by atoms with Crippen molar-refractivity contribution in [1.29, 1.82) is 0 Å². The number of fused-ring (bicyclic) bond motifs is 4. The Hall–Kier alpha value is -3.10. The third kappa shape index (κ3) is 4.36. The number of Topliss-reactive ketones (excluding diaryl/α,β-unsaturated/α-hetero) is 1. The highest BCUT2D eigenvalue weighted by atomic mass is 32.2. The van der Waals surface area contributed by atoms with E-state index in [2.05, 4.69) is 41.1 Å². The molecule has 2 aromatic carbocycles. The number of nitrogens with one attached hydrogen (secondary N) is 2. The van der Waals surface area contributed by atoms with Gasteiger partial charge in [-0.05, 0) is 66.6 Å². The number of benzene rings is 2. The molecule has 35 heavy (non-hydrogen) atoms. The zero-order chi connectivity index (χ0) is 25.0. The van der Waals surface area contributed by atoms with Crippen LogP contribution >= 0.6 is 0 Å². The molecule has 0 bridgehead atoms. The summed E-state index contributed by atoms with van der Waals surface area (Å²) in [5, 5.41) is 0. The van der Waals surface area contributed by atoms with Crippen molar-refractivity contribution < 1.29 is 17.9 Å². The smallest absolute Gasteiger partial charge is 0.257 e. The number of hydrogen-bond acceptors (Lipinski definition) is 6. The van der Waals surface area contributed by atoms with Gasteiger partial charge in [0.25, 0.3) is 10.0 Å². The first kappa shape index (κ1) is 23.6. The topological polar surface area (TPSA) is 87.7 Å². The lowest BCUT2D eigenvalue weighted by Crippen LogP contribution is -2.46. The number of carbonyl (C=O) groups is 1. The van der Waals surface area contributed by atoms with Crippen LogP contribution in [0.2, 0.25) is 0 Å². The average molecular weight is 494 g/mol. The summed E-state index contributed by atoms with van der Waals surface area (Å²) >= 11 is 0. The van der Waals surface area contributed by atoms with Gasteiger partial charge in [-0.25, -0.2) is 8.42 Å². The Morgan fingerprint density at radius 3 is 2.54 bits per heavy atom. The van der Waals surface area contributed by atoms with E-state index < -0.39 is 10.0 Å². The fourth-order valence-electron chi connectivity index (χ4n) is 5.33. The highest BCUT2D eigenvalue weighted by Gasteiger charge is 2.42. The van der Waals surface area contributed by atoms with Crippen molar-refractivity contribution >= 4 is 15.8 Å². The van der Waals surface area contributed by atoms with Gasteiger partial charge in [0.05, 0.1) is 29.3 Å². The number of ketones is 1. The fourth-order valence-corrected chi connectivity index (χ4v) is 6.18. The number of hydrazine groups is 1. The second kappa shape index (κ2) is 8.53. The maximum absolute atomic E-state index is 13.3. The molecule has 0 amide bonds. The van der Waals surface area contributed by atoms with Crippen molar-refractivity contribution in [1.82, 2.24) is 15.2 Å². The quantitative estimate of drug-likeness (QED) is 0.614. The molecule has 7 nitrogen and oxygen atoms in total. The minimum atomic E-state index is -3.82. The van der Waals surface area contributed by atoms with Crippen LogP contribution in [0, 0.1) is 12.3 Å². The zero-order valence-corrected chi connectivity index (χ0v) is 21.3. The number of hydrogen-bond donors (Lipinski definition) is 2. The molecule has 0 radical (unpaired) electrons. The Balaban J connectivity index is 1.54. The van der Waals surface area contributed by atoms with Crippen LogP contribution in [-0.2, 0) is 21.2 Å². The summed E-state index contributed by atoms with van der Waals surface area (Å²) in [6.07, 6.45) is 3.99. The number of nitrogens with zero attached hydrogens (tertiary/aromatic N) is 1. The number of aryl methyl sites for hydroxylation is 1. The lowest BCUT2D eigenvalue weighted by Gasteiger charge is -2.47. The Morgan fingerprint density at radius 1 is 1.09 bits per heavy atom. The first-order chi connectivity index (χ1) is 16.6. The Morgan fingerprint density at radius 2 is 1.83 bits per heavy atom. The largest absolute Gasteiger partial charge is 0.497 e. The summed E-state index contributed by atoms with van der Waals surface area (Å²) in [7, 11) is -2.16. The number of sulfonamides is 1. The number of rotatable bonds is 5. The Labute approximate surface area is 206 Å². The SMILES string of the molecule is COc1ccc2c(c1)CCN1C3=C(C(=O)CC(C)(C)C3)C(NNS(=O)(=O)c3ccc(C)cc3)=C[C@@H]21. The third-order valence-corrected chi connectivity index (χ3v) is 8.33. The molecule has 8 heteroatoms. The molecule has 2 aromatic rings. The van der Waals surface area contributed by atoms with Gasteiger partial charge in [0.2, 0.25) is 0 Å². The van der Waals surface area contributed by atoms with E-state index in [0.717, 1.165) is 42.0 Å². The van der Waals surface area contributed by atoms with Crippen molar-refractivity contribution in [3.8, 4) is 5.75 Å². The van der Waals surface area contributed by atoms with Gasteiger partial charge in [0.15, 0.2) is 5.78 Å². The molecule has 2 N–H and O–H groups in total. The molecule has 0 unspecified atom stereocenters. The Bertz CT molecular complexity index is 1360. The van der Waals surface area contributed by atoms with E-state index in [1.165, 1.54) is 5.56 Å². The van der Waals surface area contributed by atoms with Crippen molar-refractivity contribution in [3.63, 3.8) is 0 Å². The molecule has 1 aliphatic carbocycles. The molecule has 184 valence electrons. The highest BCUT2D eigenvalue weighted by Crippen LogP contribution is 2.47. The van der Waals surface area contributed by atoms with E-state index in [4.69, 9.17) is 4.74 Å². The van der Waals surface area contributed by atoms with E-state index >= 15 is 0 Å². The first-order valence-corrected chi connectivity index (χ1v) is 13.3. The van der Waals surface area contributed by atoms with Crippen LogP contribution in [0.4, 0.5) is 0 Å². The summed E-state index contributed by atoms with van der Waals surface area (Å²) in [5.74, 6) is 0.846. The number of allylic oxidation sites excluding steroid dienone is 2. The van der Waals surface area contributed by atoms with Crippen LogP contribution in [0.1, 0.15) is 49.4 Å². The number of carbonyl (C=O) groups excluding carboxylic acids is 1. The molecule has 0 aromatic heterocycles. The molecule has 5 rings (SSSR count). The highest BCUT2D eigenvalue weighted by molar-refractivity contribution is 7.89. The van der Waals surface area contributed by atoms with Gasteiger partial charge in [-0.15, -0.1) is 4.83 Å². The van der Waals surface area contributed by atoms with E-state index in [9.17, 15) is 13.2 Å². The zero-order valence-electron chi connectivity index (χ0n) is 20.5. The van der Waals surface area contributed by atoms with Gasteiger partial charge >= 0.3 is 0 Å². The molecular weight excluding hydrogens is 462 g/mol. The Kier molecular flexibility index (Phi) is 5.76. The van der Waals surface area contributed by atoms with Crippen molar-refractivity contribution in [2.24, 2.45) is 5.41 Å². The van der Waals surface area contributed by atoms with E-state index in [1.807, 2.05) is 19.1 Å². The minimum Gasteiger partial charge on any atom is -0.497 e. The predicted molar refractivity (Wildman–Crippen MR) is 134 cm³/mol. The van der Waals surface area contributed by atoms with Crippen LogP contribution in [0.15, 0.2) is 70.4 Å². The van der Waals surface area contributed by atoms with Crippen LogP contribution in [-0.4, -0.2) is 32.8 Å². The summed E-state index contributed by atoms with van der Waals surface area (Å²) in [6, 6.07) is 12.6. The molecule has 0 saturated heterocycles. The molecule has 1 atom stereocenters. The van der Waals surface area contributed by atoms with E-state index in [0.29, 0.717) is 17.7 Å². The standard InChI is InChI=1S/C27H31N3O4S/c1-17-5-8-20(9-6-17)35(32,33)29-28-22-14-23-21-10-7-19(34-4)13-18(21)11-12-30(23)24-15-27(2,3)16-25(31)26(22)24/h5-10,13-14,23,28-29H,11-12,15-16H2,1-4H3/t23-/m0/s1. The second-order valence-corrected chi connectivity index (χ2v) is 12.0. The summed E-state index contributed by atoms with van der Waals surface area (Å²) in [5.41, 5.74) is 8.15. The predicted octanol–water partition coefficient (Wildman–Crippen LogP) is 3.93. The van der Waals surface area contributed by atoms with Gasteiger partial charge in [0, 0.05) is 18.7 Å². The first-order valence-electron chi connectivity index (χ1n) is 11.8. The fraction of sp³-hybridized carbons (Fsp3) is 0.370. The minimum absolute atomic E-state index is 0.0310.